The highest BCUT2D eigenvalue weighted by atomic mass is 16.6. The maximum absolute atomic E-state index is 11.8. The molecular weight excluding hydrogens is 214 g/mol. The summed E-state index contributed by atoms with van der Waals surface area (Å²) in [7, 11) is 0. The van der Waals surface area contributed by atoms with E-state index in [1.807, 2.05) is 20.8 Å². The van der Waals surface area contributed by atoms with Crippen LogP contribution in [0.15, 0.2) is 0 Å². The van der Waals surface area contributed by atoms with Crippen LogP contribution in [-0.2, 0) is 4.74 Å². The van der Waals surface area contributed by atoms with E-state index in [0.29, 0.717) is 6.42 Å². The molecule has 0 bridgehead atoms. The molecule has 0 atom stereocenters. The van der Waals surface area contributed by atoms with Crippen molar-refractivity contribution in [2.75, 3.05) is 0 Å². The minimum Gasteiger partial charge on any atom is -0.444 e. The first-order chi connectivity index (χ1) is 7.87. The average Bonchev–Trinajstić information content (AvgIpc) is 2.15. The fraction of sp³-hybridized carbons (Fsp3) is 0.786. The molecule has 96 valence electrons. The second kappa shape index (κ2) is 5.44. The van der Waals surface area contributed by atoms with E-state index in [9.17, 15) is 4.79 Å². The molecule has 0 aliphatic heterocycles. The van der Waals surface area contributed by atoms with Crippen molar-refractivity contribution in [1.82, 2.24) is 5.32 Å². The lowest BCUT2D eigenvalue weighted by Gasteiger charge is -2.37. The van der Waals surface area contributed by atoms with E-state index in [1.54, 1.807) is 0 Å². The van der Waals surface area contributed by atoms with Gasteiger partial charge in [0.25, 0.3) is 0 Å². The van der Waals surface area contributed by atoms with E-state index >= 15 is 0 Å². The zero-order chi connectivity index (χ0) is 12.9. The quantitative estimate of drug-likeness (QED) is 0.749. The minimum absolute atomic E-state index is 0.241. The Morgan fingerprint density at radius 1 is 1.35 bits per heavy atom. The van der Waals surface area contributed by atoms with Crippen molar-refractivity contribution < 1.29 is 9.53 Å². The molecule has 0 heterocycles. The van der Waals surface area contributed by atoms with Gasteiger partial charge in [0.2, 0.25) is 0 Å². The molecule has 0 aromatic rings. The highest BCUT2D eigenvalue weighted by Gasteiger charge is 2.34. The van der Waals surface area contributed by atoms with Crippen molar-refractivity contribution in [3.63, 3.8) is 0 Å². The lowest BCUT2D eigenvalue weighted by atomic mass is 9.79. The van der Waals surface area contributed by atoms with Crippen molar-refractivity contribution in [3.8, 4) is 12.3 Å². The Morgan fingerprint density at radius 2 is 1.94 bits per heavy atom. The number of rotatable bonds is 2. The monoisotopic (exact) mass is 237 g/mol. The second-order valence-electron chi connectivity index (χ2n) is 5.85. The summed E-state index contributed by atoms with van der Waals surface area (Å²) in [5.74, 6) is 2.68. The van der Waals surface area contributed by atoms with Crippen LogP contribution in [0.3, 0.4) is 0 Å². The van der Waals surface area contributed by atoms with Gasteiger partial charge in [-0.2, -0.15) is 0 Å². The summed E-state index contributed by atoms with van der Waals surface area (Å²) in [5, 5.41) is 2.99. The summed E-state index contributed by atoms with van der Waals surface area (Å²) in [6, 6.07) is 0. The Labute approximate surface area is 104 Å². The summed E-state index contributed by atoms with van der Waals surface area (Å²) in [6.07, 6.45) is 11.0. The maximum atomic E-state index is 11.8. The highest BCUT2D eigenvalue weighted by molar-refractivity contribution is 5.68. The first kappa shape index (κ1) is 13.9. The van der Waals surface area contributed by atoms with Crippen LogP contribution < -0.4 is 5.32 Å². The molecule has 1 saturated carbocycles. The van der Waals surface area contributed by atoms with Crippen molar-refractivity contribution in [2.45, 2.75) is 70.4 Å². The van der Waals surface area contributed by atoms with Crippen molar-refractivity contribution in [1.29, 1.82) is 0 Å². The van der Waals surface area contributed by atoms with Crippen LogP contribution in [0, 0.1) is 12.3 Å². The van der Waals surface area contributed by atoms with Gasteiger partial charge in [0.05, 0.1) is 5.54 Å². The third-order valence-electron chi connectivity index (χ3n) is 3.02. The van der Waals surface area contributed by atoms with E-state index in [-0.39, 0.29) is 11.6 Å². The van der Waals surface area contributed by atoms with E-state index in [2.05, 4.69) is 11.2 Å². The van der Waals surface area contributed by atoms with Crippen molar-refractivity contribution >= 4 is 6.09 Å². The maximum Gasteiger partial charge on any atom is 0.408 e. The zero-order valence-corrected chi connectivity index (χ0v) is 11.1. The molecule has 1 aliphatic rings. The lowest BCUT2D eigenvalue weighted by molar-refractivity contribution is 0.0428. The zero-order valence-electron chi connectivity index (χ0n) is 11.1. The summed E-state index contributed by atoms with van der Waals surface area (Å²) in [6.45, 7) is 5.59. The number of nitrogens with one attached hydrogen (secondary N) is 1. The number of terminal acetylenes is 1. The summed E-state index contributed by atoms with van der Waals surface area (Å²) in [4.78, 5) is 11.8. The summed E-state index contributed by atoms with van der Waals surface area (Å²) in [5.41, 5.74) is -0.703. The van der Waals surface area contributed by atoms with Crippen LogP contribution in [0.25, 0.3) is 0 Å². The number of alkyl carbamates (subject to hydrolysis) is 1. The van der Waals surface area contributed by atoms with Crippen LogP contribution in [0.2, 0.25) is 0 Å². The van der Waals surface area contributed by atoms with Gasteiger partial charge in [0, 0.05) is 6.42 Å². The van der Waals surface area contributed by atoms with Gasteiger partial charge in [0.15, 0.2) is 0 Å². The number of hydrogen-bond donors (Lipinski definition) is 1. The largest absolute Gasteiger partial charge is 0.444 e. The Hall–Kier alpha value is -1.17. The van der Waals surface area contributed by atoms with E-state index < -0.39 is 5.60 Å². The molecule has 0 aromatic heterocycles. The molecule has 1 N–H and O–H groups in total. The van der Waals surface area contributed by atoms with Crippen LogP contribution in [-0.4, -0.2) is 17.2 Å². The predicted molar refractivity (Wildman–Crippen MR) is 68.6 cm³/mol. The standard InChI is InChI=1S/C14H23NO2/c1-5-9-14(10-7-6-8-11-14)15-12(16)17-13(2,3)4/h1H,6-11H2,2-4H3,(H,15,16). The molecule has 0 spiro atoms. The number of ether oxygens (including phenoxy) is 1. The van der Waals surface area contributed by atoms with Crippen LogP contribution >= 0.6 is 0 Å². The molecule has 1 fully saturated rings. The topological polar surface area (TPSA) is 38.3 Å². The van der Waals surface area contributed by atoms with Crippen molar-refractivity contribution in [3.05, 3.63) is 0 Å². The first-order valence-electron chi connectivity index (χ1n) is 6.32. The molecule has 1 rings (SSSR count). The van der Waals surface area contributed by atoms with Gasteiger partial charge in [0.1, 0.15) is 5.60 Å². The lowest BCUT2D eigenvalue weighted by Crippen LogP contribution is -2.51. The molecule has 3 nitrogen and oxygen atoms in total. The van der Waals surface area contributed by atoms with Gasteiger partial charge in [-0.1, -0.05) is 19.3 Å². The molecule has 0 unspecified atom stereocenters. The highest BCUT2D eigenvalue weighted by Crippen LogP contribution is 2.31. The average molecular weight is 237 g/mol. The summed E-state index contributed by atoms with van der Waals surface area (Å²) >= 11 is 0. The van der Waals surface area contributed by atoms with E-state index in [1.165, 1.54) is 6.42 Å². The van der Waals surface area contributed by atoms with Gasteiger partial charge in [-0.3, -0.25) is 0 Å². The Kier molecular flexibility index (Phi) is 4.45. The van der Waals surface area contributed by atoms with Crippen LogP contribution in [0.4, 0.5) is 4.79 Å². The second-order valence-corrected chi connectivity index (χ2v) is 5.85. The van der Waals surface area contributed by atoms with Crippen LogP contribution in [0.1, 0.15) is 59.3 Å². The van der Waals surface area contributed by atoms with Crippen molar-refractivity contribution in [2.24, 2.45) is 0 Å². The normalized spacial score (nSPS) is 19.2. The fourth-order valence-corrected chi connectivity index (χ4v) is 2.29. The van der Waals surface area contributed by atoms with E-state index in [0.717, 1.165) is 25.7 Å². The molecule has 0 radical (unpaired) electrons. The Balaban J connectivity index is 2.61. The molecular formula is C14H23NO2. The molecule has 3 heteroatoms. The number of carbonyl (C=O) groups excluding carboxylic acids is 1. The molecule has 1 amide bonds. The van der Waals surface area contributed by atoms with E-state index in [4.69, 9.17) is 11.2 Å². The molecule has 0 aromatic carbocycles. The fourth-order valence-electron chi connectivity index (χ4n) is 2.29. The Bertz CT molecular complexity index is 303. The van der Waals surface area contributed by atoms with Gasteiger partial charge in [-0.05, 0) is 33.6 Å². The number of hydrogen-bond acceptors (Lipinski definition) is 2. The van der Waals surface area contributed by atoms with Gasteiger partial charge in [-0.25, -0.2) is 4.79 Å². The molecule has 0 saturated heterocycles. The SMILES string of the molecule is C#CCC1(NC(=O)OC(C)(C)C)CCCCC1. The minimum atomic E-state index is -0.462. The number of amides is 1. The van der Waals surface area contributed by atoms with Gasteiger partial charge >= 0.3 is 6.09 Å². The molecule has 1 aliphatic carbocycles. The smallest absolute Gasteiger partial charge is 0.408 e. The first-order valence-corrected chi connectivity index (χ1v) is 6.32. The van der Waals surface area contributed by atoms with Gasteiger partial charge in [-0.15, -0.1) is 12.3 Å². The predicted octanol–water partition coefficient (Wildman–Crippen LogP) is 3.24. The third-order valence-corrected chi connectivity index (χ3v) is 3.02. The van der Waals surface area contributed by atoms with Crippen LogP contribution in [0.5, 0.6) is 0 Å². The van der Waals surface area contributed by atoms with Gasteiger partial charge < -0.3 is 10.1 Å². The third kappa shape index (κ3) is 4.68. The Morgan fingerprint density at radius 3 is 2.41 bits per heavy atom. The summed E-state index contributed by atoms with van der Waals surface area (Å²) < 4.78 is 5.29. The number of carbonyl (C=O) groups is 1. The molecule has 17 heavy (non-hydrogen) atoms.